The summed E-state index contributed by atoms with van der Waals surface area (Å²) in [6.07, 6.45) is 1.78. The number of aromatic nitrogens is 2. The Hall–Kier alpha value is -1.65. The van der Waals surface area contributed by atoms with E-state index in [2.05, 4.69) is 15.5 Å². The van der Waals surface area contributed by atoms with E-state index in [1.165, 1.54) is 21.9 Å². The largest absolute Gasteiger partial charge is 0.301 e. The number of thioether (sulfide) groups is 1. The molecule has 0 atom stereocenters. The molecule has 1 aromatic heterocycles. The normalized spacial score (nSPS) is 11.3. The van der Waals surface area contributed by atoms with Gasteiger partial charge < -0.3 is 5.32 Å². The fourth-order valence-electron chi connectivity index (χ4n) is 2.32. The summed E-state index contributed by atoms with van der Waals surface area (Å²) in [5.74, 6) is 0.690. The summed E-state index contributed by atoms with van der Waals surface area (Å²) >= 11 is 2.90. The maximum atomic E-state index is 12.1. The number of nitrogens with one attached hydrogen (secondary N) is 1. The maximum absolute atomic E-state index is 12.1. The molecular formula is C16H22N4O3S3. The zero-order valence-corrected chi connectivity index (χ0v) is 17.4. The topological polar surface area (TPSA) is 92.3 Å². The number of anilines is 2. The van der Waals surface area contributed by atoms with Crippen molar-refractivity contribution >= 4 is 49.8 Å². The molecule has 0 saturated heterocycles. The molecule has 1 aromatic carbocycles. The van der Waals surface area contributed by atoms with Gasteiger partial charge in [-0.2, -0.15) is 0 Å². The molecule has 0 bridgehead atoms. The van der Waals surface area contributed by atoms with Gasteiger partial charge in [-0.05, 0) is 30.7 Å². The van der Waals surface area contributed by atoms with Gasteiger partial charge in [0.05, 0.1) is 11.9 Å². The molecule has 0 saturated carbocycles. The highest BCUT2D eigenvalue weighted by Gasteiger charge is 2.19. The van der Waals surface area contributed by atoms with Crippen molar-refractivity contribution in [2.75, 3.05) is 28.2 Å². The van der Waals surface area contributed by atoms with Crippen LogP contribution in [0.5, 0.6) is 0 Å². The fourth-order valence-corrected chi connectivity index (χ4v) is 5.00. The molecule has 26 heavy (non-hydrogen) atoms. The number of hydrogen-bond acceptors (Lipinski definition) is 7. The quantitative estimate of drug-likeness (QED) is 0.501. The molecule has 0 radical (unpaired) electrons. The number of aryl methyl sites for hydroxylation is 1. The number of sulfonamides is 1. The SMILES string of the molecule is CCSc1nnc(NC(=O)CCCN(c2ccccc2C)S(C)(=O)=O)s1. The highest BCUT2D eigenvalue weighted by atomic mass is 32.2. The van der Waals surface area contributed by atoms with Gasteiger partial charge in [0.25, 0.3) is 0 Å². The monoisotopic (exact) mass is 414 g/mol. The van der Waals surface area contributed by atoms with Crippen molar-refractivity contribution in [3.05, 3.63) is 29.8 Å². The fraction of sp³-hybridized carbons (Fsp3) is 0.438. The Balaban J connectivity index is 1.93. The number of carbonyl (C=O) groups is 1. The standard InChI is InChI=1S/C16H22N4O3S3/c1-4-24-16-19-18-15(25-16)17-14(21)10-7-11-20(26(3,22)23)13-9-6-5-8-12(13)2/h5-6,8-9H,4,7,10-11H2,1-3H3,(H,17,18,21). The lowest BCUT2D eigenvalue weighted by molar-refractivity contribution is -0.116. The van der Waals surface area contributed by atoms with Gasteiger partial charge in [0.2, 0.25) is 21.1 Å². The van der Waals surface area contributed by atoms with Crippen LogP contribution in [0.2, 0.25) is 0 Å². The highest BCUT2D eigenvalue weighted by molar-refractivity contribution is 8.01. The molecule has 1 heterocycles. The minimum atomic E-state index is -3.42. The number of hydrogen-bond donors (Lipinski definition) is 1. The van der Waals surface area contributed by atoms with Gasteiger partial charge in [-0.1, -0.05) is 48.2 Å². The van der Waals surface area contributed by atoms with E-state index in [0.29, 0.717) is 17.2 Å². The van der Waals surface area contributed by atoms with Gasteiger partial charge in [-0.3, -0.25) is 9.10 Å². The molecule has 0 aliphatic rings. The number of benzene rings is 1. The molecule has 0 spiro atoms. The second-order valence-electron chi connectivity index (χ2n) is 5.58. The predicted octanol–water partition coefficient (Wildman–Crippen LogP) is 3.14. The summed E-state index contributed by atoms with van der Waals surface area (Å²) in [4.78, 5) is 12.1. The molecule has 2 aromatic rings. The minimum absolute atomic E-state index is 0.201. The molecule has 0 unspecified atom stereocenters. The molecule has 1 N–H and O–H groups in total. The average Bonchev–Trinajstić information content (AvgIpc) is 2.99. The smallest absolute Gasteiger partial charge is 0.232 e. The van der Waals surface area contributed by atoms with Crippen LogP contribution < -0.4 is 9.62 Å². The molecule has 0 aliphatic heterocycles. The van der Waals surface area contributed by atoms with Gasteiger partial charge in [-0.15, -0.1) is 10.2 Å². The summed E-state index contributed by atoms with van der Waals surface area (Å²) in [7, 11) is -3.42. The summed E-state index contributed by atoms with van der Waals surface area (Å²) in [6.45, 7) is 4.12. The lowest BCUT2D eigenvalue weighted by atomic mass is 10.2. The Morgan fingerprint density at radius 3 is 2.69 bits per heavy atom. The molecular weight excluding hydrogens is 392 g/mol. The van der Waals surface area contributed by atoms with Crippen LogP contribution in [-0.2, 0) is 14.8 Å². The van der Waals surface area contributed by atoms with Crippen molar-refractivity contribution in [3.8, 4) is 0 Å². The first-order valence-electron chi connectivity index (χ1n) is 8.10. The van der Waals surface area contributed by atoms with Crippen LogP contribution in [0.4, 0.5) is 10.8 Å². The van der Waals surface area contributed by atoms with Crippen LogP contribution in [0.15, 0.2) is 28.6 Å². The van der Waals surface area contributed by atoms with Crippen molar-refractivity contribution in [2.45, 2.75) is 31.0 Å². The van der Waals surface area contributed by atoms with E-state index in [1.54, 1.807) is 23.9 Å². The van der Waals surface area contributed by atoms with Gasteiger partial charge >= 0.3 is 0 Å². The van der Waals surface area contributed by atoms with E-state index in [0.717, 1.165) is 15.7 Å². The van der Waals surface area contributed by atoms with Gasteiger partial charge in [0.1, 0.15) is 0 Å². The summed E-state index contributed by atoms with van der Waals surface area (Å²) in [6, 6.07) is 7.29. The highest BCUT2D eigenvalue weighted by Crippen LogP contribution is 2.25. The Bertz CT molecular complexity index is 852. The molecule has 0 aliphatic carbocycles. The molecule has 1 amide bonds. The second-order valence-corrected chi connectivity index (χ2v) is 9.97. The number of carbonyl (C=O) groups excluding carboxylic acids is 1. The number of nitrogens with zero attached hydrogens (tertiary/aromatic N) is 3. The molecule has 10 heteroatoms. The first kappa shape index (κ1) is 20.7. The van der Waals surface area contributed by atoms with Crippen LogP contribution in [0, 0.1) is 6.92 Å². The molecule has 142 valence electrons. The minimum Gasteiger partial charge on any atom is -0.301 e. The molecule has 0 fully saturated rings. The van der Waals surface area contributed by atoms with Gasteiger partial charge in [0, 0.05) is 13.0 Å². The van der Waals surface area contributed by atoms with Crippen molar-refractivity contribution < 1.29 is 13.2 Å². The van der Waals surface area contributed by atoms with E-state index in [4.69, 9.17) is 0 Å². The van der Waals surface area contributed by atoms with Crippen LogP contribution in [0.25, 0.3) is 0 Å². The van der Waals surface area contributed by atoms with E-state index >= 15 is 0 Å². The van der Waals surface area contributed by atoms with Crippen LogP contribution in [0.1, 0.15) is 25.3 Å². The van der Waals surface area contributed by atoms with Crippen molar-refractivity contribution in [2.24, 2.45) is 0 Å². The van der Waals surface area contributed by atoms with Crippen molar-refractivity contribution in [1.29, 1.82) is 0 Å². The Morgan fingerprint density at radius 2 is 2.04 bits per heavy atom. The van der Waals surface area contributed by atoms with Crippen LogP contribution in [0.3, 0.4) is 0 Å². The molecule has 7 nitrogen and oxygen atoms in total. The zero-order valence-electron chi connectivity index (χ0n) is 14.9. The van der Waals surface area contributed by atoms with Crippen LogP contribution in [-0.4, -0.2) is 43.1 Å². The van der Waals surface area contributed by atoms with E-state index in [-0.39, 0.29) is 18.9 Å². The summed E-state index contributed by atoms with van der Waals surface area (Å²) in [5, 5.41) is 11.1. The molecule has 2 rings (SSSR count). The zero-order chi connectivity index (χ0) is 19.2. The maximum Gasteiger partial charge on any atom is 0.232 e. The first-order valence-corrected chi connectivity index (χ1v) is 11.8. The first-order chi connectivity index (χ1) is 12.3. The number of rotatable bonds is 9. The lowest BCUT2D eigenvalue weighted by Crippen LogP contribution is -2.32. The van der Waals surface area contributed by atoms with Gasteiger partial charge in [0.15, 0.2) is 4.34 Å². The summed E-state index contributed by atoms with van der Waals surface area (Å²) in [5.41, 5.74) is 1.51. The van der Waals surface area contributed by atoms with Crippen molar-refractivity contribution in [3.63, 3.8) is 0 Å². The third-order valence-electron chi connectivity index (χ3n) is 3.47. The predicted molar refractivity (Wildman–Crippen MR) is 108 cm³/mol. The van der Waals surface area contributed by atoms with E-state index in [1.807, 2.05) is 26.0 Å². The third kappa shape index (κ3) is 5.96. The van der Waals surface area contributed by atoms with Crippen molar-refractivity contribution in [1.82, 2.24) is 10.2 Å². The number of para-hydroxylation sites is 1. The van der Waals surface area contributed by atoms with E-state index < -0.39 is 10.0 Å². The van der Waals surface area contributed by atoms with Crippen LogP contribution >= 0.6 is 23.1 Å². The Morgan fingerprint density at radius 1 is 1.31 bits per heavy atom. The lowest BCUT2D eigenvalue weighted by Gasteiger charge is -2.24. The van der Waals surface area contributed by atoms with E-state index in [9.17, 15) is 13.2 Å². The Kier molecular flexibility index (Phi) is 7.42. The van der Waals surface area contributed by atoms with Gasteiger partial charge in [-0.25, -0.2) is 8.42 Å². The average molecular weight is 415 g/mol. The Labute approximate surface area is 162 Å². The second kappa shape index (κ2) is 9.33. The third-order valence-corrected chi connectivity index (χ3v) is 6.50. The summed E-state index contributed by atoms with van der Waals surface area (Å²) < 4.78 is 26.4. The number of amides is 1.